The molecular weight excluding hydrogens is 231 g/mol. The van der Waals surface area contributed by atoms with Gasteiger partial charge < -0.3 is 19.7 Å². The second kappa shape index (κ2) is 5.49. The number of alkyl halides is 1. The third-order valence-corrected chi connectivity index (χ3v) is 2.27. The highest BCUT2D eigenvalue weighted by molar-refractivity contribution is 5.74. The molecule has 2 N–H and O–H groups in total. The first-order valence-corrected chi connectivity index (χ1v) is 4.76. The number of hydrogen-bond acceptors (Lipinski definition) is 4. The van der Waals surface area contributed by atoms with Gasteiger partial charge in [0.1, 0.15) is 6.67 Å². The Bertz CT molecular complexity index is 393. The molecule has 0 amide bonds. The fourth-order valence-electron chi connectivity index (χ4n) is 1.47. The smallest absolute Gasteiger partial charge is 0.337 e. The van der Waals surface area contributed by atoms with Crippen LogP contribution in [-0.2, 0) is 11.5 Å². The molecule has 6 heteroatoms. The predicted molar refractivity (Wildman–Crippen MR) is 57.0 cm³/mol. The van der Waals surface area contributed by atoms with E-state index in [0.29, 0.717) is 0 Å². The lowest BCUT2D eigenvalue weighted by Crippen LogP contribution is -2.11. The molecule has 1 aromatic rings. The molecule has 0 aliphatic rings. The molecule has 0 aromatic heterocycles. The zero-order valence-corrected chi connectivity index (χ0v) is 9.44. The first-order valence-electron chi connectivity index (χ1n) is 4.76. The molecule has 1 aromatic carbocycles. The van der Waals surface area contributed by atoms with Crippen LogP contribution in [0, 0.1) is 0 Å². The van der Waals surface area contributed by atoms with Crippen molar-refractivity contribution in [3.05, 3.63) is 23.3 Å². The second-order valence-corrected chi connectivity index (χ2v) is 3.29. The van der Waals surface area contributed by atoms with Gasteiger partial charge in [0.2, 0.25) is 0 Å². The third kappa shape index (κ3) is 2.65. The Hall–Kier alpha value is -1.82. The van der Waals surface area contributed by atoms with Crippen molar-refractivity contribution in [2.45, 2.75) is 12.8 Å². The van der Waals surface area contributed by atoms with Crippen molar-refractivity contribution in [1.82, 2.24) is 0 Å². The van der Waals surface area contributed by atoms with Gasteiger partial charge in [0.05, 0.1) is 14.2 Å². The van der Waals surface area contributed by atoms with E-state index in [1.54, 1.807) is 0 Å². The van der Waals surface area contributed by atoms with Gasteiger partial charge in [0.15, 0.2) is 17.6 Å². The number of ether oxygens (including phenoxy) is 2. The Labute approximate surface area is 97.4 Å². The number of hydrogen-bond donors (Lipinski definition) is 2. The molecule has 0 radical (unpaired) electrons. The van der Waals surface area contributed by atoms with E-state index < -0.39 is 18.7 Å². The second-order valence-electron chi connectivity index (χ2n) is 3.29. The van der Waals surface area contributed by atoms with Crippen LogP contribution in [0.15, 0.2) is 12.1 Å². The summed E-state index contributed by atoms with van der Waals surface area (Å²) in [5.41, 5.74) is 0.171. The summed E-state index contributed by atoms with van der Waals surface area (Å²) in [6.45, 7) is -0.848. The summed E-state index contributed by atoms with van der Waals surface area (Å²) in [4.78, 5) is 10.6. The minimum absolute atomic E-state index is 0.0443. The van der Waals surface area contributed by atoms with Gasteiger partial charge in [-0.2, -0.15) is 0 Å². The molecule has 0 aliphatic heterocycles. The topological polar surface area (TPSA) is 76.0 Å². The van der Waals surface area contributed by atoms with Gasteiger partial charge in [-0.25, -0.2) is 9.18 Å². The molecule has 0 bridgehead atoms. The van der Waals surface area contributed by atoms with Crippen molar-refractivity contribution in [3.63, 3.8) is 0 Å². The minimum atomic E-state index is -1.72. The van der Waals surface area contributed by atoms with Gasteiger partial charge in [-0.3, -0.25) is 0 Å². The van der Waals surface area contributed by atoms with Crippen LogP contribution in [0.2, 0.25) is 0 Å². The molecule has 0 saturated carbocycles. The molecule has 1 unspecified atom stereocenters. The van der Waals surface area contributed by atoms with E-state index in [0.717, 1.165) is 0 Å². The van der Waals surface area contributed by atoms with Crippen LogP contribution >= 0.6 is 0 Å². The fourth-order valence-corrected chi connectivity index (χ4v) is 1.47. The van der Waals surface area contributed by atoms with E-state index in [-0.39, 0.29) is 22.6 Å². The molecule has 17 heavy (non-hydrogen) atoms. The number of carboxylic acids is 1. The number of carbonyl (C=O) groups is 1. The number of halogens is 1. The first kappa shape index (κ1) is 13.2. The molecule has 1 rings (SSSR count). The Balaban J connectivity index is 3.31. The summed E-state index contributed by atoms with van der Waals surface area (Å²) in [5.74, 6) is -1.05. The standard InChI is InChI=1S/C11H13FO5/c1-16-8-4-6(9(13)11(14)15)3-7(5-12)10(8)17-2/h3-4,9,13H,5H2,1-2H3,(H,14,15). The van der Waals surface area contributed by atoms with Crippen LogP contribution < -0.4 is 9.47 Å². The number of methoxy groups -OCH3 is 2. The zero-order valence-electron chi connectivity index (χ0n) is 9.44. The predicted octanol–water partition coefficient (Wildman–Crippen LogP) is 1.29. The number of carboxylic acid groups (broad SMARTS) is 1. The normalized spacial score (nSPS) is 12.0. The number of aliphatic carboxylic acids is 1. The van der Waals surface area contributed by atoms with E-state index in [4.69, 9.17) is 14.6 Å². The molecule has 0 fully saturated rings. The van der Waals surface area contributed by atoms with Crippen molar-refractivity contribution in [1.29, 1.82) is 0 Å². The molecule has 0 spiro atoms. The molecule has 1 atom stereocenters. The highest BCUT2D eigenvalue weighted by atomic mass is 19.1. The third-order valence-electron chi connectivity index (χ3n) is 2.27. The van der Waals surface area contributed by atoms with E-state index in [1.165, 1.54) is 26.4 Å². The Kier molecular flexibility index (Phi) is 4.28. The summed E-state index contributed by atoms with van der Waals surface area (Å²) in [5, 5.41) is 18.1. The average molecular weight is 244 g/mol. The van der Waals surface area contributed by atoms with Gasteiger partial charge in [-0.15, -0.1) is 0 Å². The maximum atomic E-state index is 12.8. The summed E-state index contributed by atoms with van der Waals surface area (Å²) < 4.78 is 22.7. The number of rotatable bonds is 5. The highest BCUT2D eigenvalue weighted by Crippen LogP contribution is 2.35. The van der Waals surface area contributed by atoms with Gasteiger partial charge in [0.25, 0.3) is 0 Å². The minimum Gasteiger partial charge on any atom is -0.493 e. The SMILES string of the molecule is COc1cc(C(O)C(=O)O)cc(CF)c1OC. The maximum absolute atomic E-state index is 12.8. The van der Waals surface area contributed by atoms with Crippen LogP contribution in [0.5, 0.6) is 11.5 Å². The van der Waals surface area contributed by atoms with Crippen LogP contribution in [0.1, 0.15) is 17.2 Å². The summed E-state index contributed by atoms with van der Waals surface area (Å²) in [6.07, 6.45) is -1.72. The van der Waals surface area contributed by atoms with Gasteiger partial charge in [-0.05, 0) is 17.7 Å². The summed E-state index contributed by atoms with van der Waals surface area (Å²) >= 11 is 0. The number of benzene rings is 1. The van der Waals surface area contributed by atoms with Crippen LogP contribution in [0.25, 0.3) is 0 Å². The van der Waals surface area contributed by atoms with Gasteiger partial charge in [0, 0.05) is 5.56 Å². The first-order chi connectivity index (χ1) is 8.04. The average Bonchev–Trinajstić information content (AvgIpc) is 2.35. The molecule has 5 nitrogen and oxygen atoms in total. The van der Waals surface area contributed by atoms with Crippen molar-refractivity contribution < 1.29 is 28.9 Å². The van der Waals surface area contributed by atoms with Crippen molar-refractivity contribution in [3.8, 4) is 11.5 Å². The Morgan fingerprint density at radius 3 is 2.47 bits per heavy atom. The lowest BCUT2D eigenvalue weighted by Gasteiger charge is -2.14. The lowest BCUT2D eigenvalue weighted by molar-refractivity contribution is -0.146. The largest absolute Gasteiger partial charge is 0.493 e. The summed E-state index contributed by atoms with van der Waals surface area (Å²) in [7, 11) is 2.70. The molecule has 0 heterocycles. The lowest BCUT2D eigenvalue weighted by atomic mass is 10.0. The quantitative estimate of drug-likeness (QED) is 0.816. The van der Waals surface area contributed by atoms with Crippen molar-refractivity contribution in [2.24, 2.45) is 0 Å². The molecule has 94 valence electrons. The van der Waals surface area contributed by atoms with Crippen molar-refractivity contribution >= 4 is 5.97 Å². The fraction of sp³-hybridized carbons (Fsp3) is 0.364. The van der Waals surface area contributed by atoms with E-state index in [1.807, 2.05) is 0 Å². The number of aliphatic hydroxyl groups excluding tert-OH is 1. The highest BCUT2D eigenvalue weighted by Gasteiger charge is 2.20. The van der Waals surface area contributed by atoms with Gasteiger partial charge >= 0.3 is 5.97 Å². The van der Waals surface area contributed by atoms with E-state index >= 15 is 0 Å². The van der Waals surface area contributed by atoms with Crippen molar-refractivity contribution in [2.75, 3.05) is 14.2 Å². The van der Waals surface area contributed by atoms with E-state index in [2.05, 4.69) is 0 Å². The Morgan fingerprint density at radius 2 is 2.06 bits per heavy atom. The molecule has 0 saturated heterocycles. The summed E-state index contributed by atoms with van der Waals surface area (Å²) in [6, 6.07) is 2.54. The number of aliphatic hydroxyl groups is 1. The van der Waals surface area contributed by atoms with Crippen LogP contribution in [-0.4, -0.2) is 30.4 Å². The van der Waals surface area contributed by atoms with Gasteiger partial charge in [-0.1, -0.05) is 0 Å². The van der Waals surface area contributed by atoms with E-state index in [9.17, 15) is 14.3 Å². The molecule has 0 aliphatic carbocycles. The maximum Gasteiger partial charge on any atom is 0.337 e. The molecular formula is C11H13FO5. The van der Waals surface area contributed by atoms with Crippen LogP contribution in [0.4, 0.5) is 4.39 Å². The zero-order chi connectivity index (χ0) is 13.0. The Morgan fingerprint density at radius 1 is 1.41 bits per heavy atom. The van der Waals surface area contributed by atoms with Crippen LogP contribution in [0.3, 0.4) is 0 Å². The monoisotopic (exact) mass is 244 g/mol.